The summed E-state index contributed by atoms with van der Waals surface area (Å²) in [7, 11) is 0. The summed E-state index contributed by atoms with van der Waals surface area (Å²) >= 11 is 0. The Balaban J connectivity index is 2.24. The van der Waals surface area contributed by atoms with Gasteiger partial charge in [0.05, 0.1) is 12.7 Å². The van der Waals surface area contributed by atoms with Gasteiger partial charge in [-0.15, -0.1) is 0 Å². The van der Waals surface area contributed by atoms with Crippen LogP contribution in [0.25, 0.3) is 11.2 Å². The van der Waals surface area contributed by atoms with Gasteiger partial charge in [-0.05, 0) is 0 Å². The van der Waals surface area contributed by atoms with E-state index in [-0.39, 0.29) is 18.5 Å². The number of rotatable bonds is 4. The summed E-state index contributed by atoms with van der Waals surface area (Å²) in [4.78, 5) is 26.3. The van der Waals surface area contributed by atoms with Crippen molar-refractivity contribution in [1.29, 1.82) is 5.41 Å². The summed E-state index contributed by atoms with van der Waals surface area (Å²) in [6, 6.07) is 0. The first-order chi connectivity index (χ1) is 7.68. The van der Waals surface area contributed by atoms with E-state index in [1.54, 1.807) is 0 Å². The monoisotopic (exact) mass is 222 g/mol. The van der Waals surface area contributed by atoms with E-state index in [4.69, 9.17) is 16.0 Å². The Hall–Kier alpha value is -2.38. The maximum absolute atomic E-state index is 10.5. The Labute approximate surface area is 89.5 Å². The number of fused-ring (bicyclic) bond motifs is 1. The second-order valence-corrected chi connectivity index (χ2v) is 3.07. The molecular weight excluding hydrogens is 212 g/mol. The number of hydrogen-bond donors (Lipinski definition) is 3. The molecule has 0 atom stereocenters. The lowest BCUT2D eigenvalue weighted by atomic mass is 10.4. The number of carbonyl (C=O) groups excluding carboxylic acids is 1. The molecule has 0 spiro atoms. The molecule has 0 aliphatic rings. The zero-order chi connectivity index (χ0) is 11.5. The van der Waals surface area contributed by atoms with E-state index in [2.05, 4.69) is 15.0 Å². The molecule has 8 nitrogen and oxygen atoms in total. The van der Waals surface area contributed by atoms with Crippen molar-refractivity contribution in [3.8, 4) is 0 Å². The fourth-order valence-corrected chi connectivity index (χ4v) is 1.20. The number of aromatic amines is 1. The van der Waals surface area contributed by atoms with E-state index in [9.17, 15) is 4.79 Å². The molecule has 84 valence electrons. The molecule has 0 aromatic carbocycles. The van der Waals surface area contributed by atoms with Gasteiger partial charge in [0.25, 0.3) is 0 Å². The highest BCUT2D eigenvalue weighted by Gasteiger charge is 2.05. The molecule has 0 fully saturated rings. The Morgan fingerprint density at radius 1 is 1.62 bits per heavy atom. The van der Waals surface area contributed by atoms with Gasteiger partial charge in [-0.3, -0.25) is 10.2 Å². The second kappa shape index (κ2) is 4.01. The number of nitrogens with one attached hydrogen (secondary N) is 2. The molecule has 0 aliphatic carbocycles. The lowest BCUT2D eigenvalue weighted by Crippen LogP contribution is -2.22. The van der Waals surface area contributed by atoms with Gasteiger partial charge >= 0.3 is 0 Å². The van der Waals surface area contributed by atoms with Crippen LogP contribution in [0, 0.1) is 5.41 Å². The summed E-state index contributed by atoms with van der Waals surface area (Å²) in [5, 5.41) is 7.50. The molecule has 16 heavy (non-hydrogen) atoms. The third kappa shape index (κ3) is 1.85. The number of aromatic nitrogens is 4. The standard InChI is InChI=1S/C8H10N6O2/c9-5(15)1-2-16-14-4-13-7(10)6-8(14)12-3-11-6/h3-4,10H,1-2H2,(H2,9,15)(H,11,12). The average Bonchev–Trinajstić information content (AvgIpc) is 2.70. The van der Waals surface area contributed by atoms with Crippen LogP contribution in [0.2, 0.25) is 0 Å². The average molecular weight is 222 g/mol. The molecule has 0 saturated carbocycles. The van der Waals surface area contributed by atoms with Gasteiger partial charge in [-0.1, -0.05) is 0 Å². The second-order valence-electron chi connectivity index (χ2n) is 3.07. The Morgan fingerprint density at radius 2 is 2.44 bits per heavy atom. The number of amides is 1. The molecule has 0 bridgehead atoms. The Kier molecular flexibility index (Phi) is 2.54. The molecule has 0 unspecified atom stereocenters. The molecular formula is C8H10N6O2. The Bertz CT molecular complexity index is 571. The molecule has 2 heterocycles. The quantitative estimate of drug-likeness (QED) is 0.585. The largest absolute Gasteiger partial charge is 0.410 e. The van der Waals surface area contributed by atoms with Crippen LogP contribution in [-0.4, -0.2) is 32.2 Å². The predicted octanol–water partition coefficient (Wildman–Crippen LogP) is -1.46. The molecule has 0 radical (unpaired) electrons. The smallest absolute Gasteiger partial charge is 0.220 e. The van der Waals surface area contributed by atoms with Crippen LogP contribution in [-0.2, 0) is 4.79 Å². The van der Waals surface area contributed by atoms with Gasteiger partial charge in [-0.2, -0.15) is 4.73 Å². The highest BCUT2D eigenvalue weighted by atomic mass is 16.7. The van der Waals surface area contributed by atoms with Gasteiger partial charge in [-0.25, -0.2) is 9.97 Å². The fraction of sp³-hybridized carbons (Fsp3) is 0.250. The topological polar surface area (TPSA) is 123 Å². The van der Waals surface area contributed by atoms with E-state index in [1.807, 2.05) is 0 Å². The minimum absolute atomic E-state index is 0.0854. The number of nitrogens with two attached hydrogens (primary N) is 1. The third-order valence-electron chi connectivity index (χ3n) is 1.94. The number of nitrogens with zero attached hydrogens (tertiary/aromatic N) is 3. The summed E-state index contributed by atoms with van der Waals surface area (Å²) < 4.78 is 1.30. The first-order valence-corrected chi connectivity index (χ1v) is 4.55. The number of imidazole rings is 1. The van der Waals surface area contributed by atoms with Crippen molar-refractivity contribution in [3.63, 3.8) is 0 Å². The van der Waals surface area contributed by atoms with Crippen LogP contribution < -0.4 is 16.1 Å². The summed E-state index contributed by atoms with van der Waals surface area (Å²) in [5.74, 6) is -0.441. The van der Waals surface area contributed by atoms with Gasteiger partial charge in [0, 0.05) is 0 Å². The van der Waals surface area contributed by atoms with Crippen molar-refractivity contribution < 1.29 is 9.63 Å². The summed E-state index contributed by atoms with van der Waals surface area (Å²) in [6.45, 7) is 0.140. The lowest BCUT2D eigenvalue weighted by molar-refractivity contribution is -0.119. The van der Waals surface area contributed by atoms with Crippen LogP contribution in [0.1, 0.15) is 6.42 Å². The molecule has 0 aliphatic heterocycles. The number of primary amides is 1. The van der Waals surface area contributed by atoms with E-state index in [0.717, 1.165) is 0 Å². The van der Waals surface area contributed by atoms with E-state index in [1.165, 1.54) is 17.4 Å². The van der Waals surface area contributed by atoms with Crippen molar-refractivity contribution in [2.45, 2.75) is 6.42 Å². The van der Waals surface area contributed by atoms with Crippen molar-refractivity contribution in [1.82, 2.24) is 19.7 Å². The first kappa shape index (κ1) is 10.1. The summed E-state index contributed by atoms with van der Waals surface area (Å²) in [6.07, 6.45) is 2.88. The molecule has 1 amide bonds. The van der Waals surface area contributed by atoms with Crippen molar-refractivity contribution in [2.24, 2.45) is 5.73 Å². The third-order valence-corrected chi connectivity index (χ3v) is 1.94. The SMILES string of the molecule is N=c1ncn(OCCC(N)=O)c2nc[nH]c12. The van der Waals surface area contributed by atoms with Crippen molar-refractivity contribution in [3.05, 3.63) is 18.1 Å². The van der Waals surface area contributed by atoms with E-state index < -0.39 is 5.91 Å². The van der Waals surface area contributed by atoms with Gasteiger partial charge in [0.15, 0.2) is 11.1 Å². The van der Waals surface area contributed by atoms with Gasteiger partial charge in [0.1, 0.15) is 18.5 Å². The van der Waals surface area contributed by atoms with Crippen LogP contribution in [0.3, 0.4) is 0 Å². The molecule has 0 saturated heterocycles. The summed E-state index contributed by atoms with van der Waals surface area (Å²) in [5.41, 5.74) is 5.99. The molecule has 2 aromatic heterocycles. The zero-order valence-electron chi connectivity index (χ0n) is 8.30. The molecule has 4 N–H and O–H groups in total. The number of hydrogen-bond acceptors (Lipinski definition) is 5. The maximum Gasteiger partial charge on any atom is 0.220 e. The highest BCUT2D eigenvalue weighted by molar-refractivity contribution is 5.73. The van der Waals surface area contributed by atoms with E-state index >= 15 is 0 Å². The van der Waals surface area contributed by atoms with Crippen molar-refractivity contribution >= 4 is 17.1 Å². The number of carbonyl (C=O) groups is 1. The lowest BCUT2D eigenvalue weighted by Gasteiger charge is -2.07. The first-order valence-electron chi connectivity index (χ1n) is 4.55. The zero-order valence-corrected chi connectivity index (χ0v) is 8.30. The molecule has 8 heteroatoms. The van der Waals surface area contributed by atoms with Crippen LogP contribution >= 0.6 is 0 Å². The minimum Gasteiger partial charge on any atom is -0.410 e. The van der Waals surface area contributed by atoms with Crippen LogP contribution in [0.5, 0.6) is 0 Å². The van der Waals surface area contributed by atoms with E-state index in [0.29, 0.717) is 11.2 Å². The highest BCUT2D eigenvalue weighted by Crippen LogP contribution is 2.00. The molecule has 2 rings (SSSR count). The van der Waals surface area contributed by atoms with Crippen LogP contribution in [0.4, 0.5) is 0 Å². The minimum atomic E-state index is -0.441. The van der Waals surface area contributed by atoms with Crippen molar-refractivity contribution in [2.75, 3.05) is 6.61 Å². The normalized spacial score (nSPS) is 10.5. The maximum atomic E-state index is 10.5. The molecule has 2 aromatic rings. The number of H-pyrrole nitrogens is 1. The van der Waals surface area contributed by atoms with Gasteiger partial charge in [0.2, 0.25) is 5.91 Å². The van der Waals surface area contributed by atoms with Gasteiger partial charge < -0.3 is 15.6 Å². The predicted molar refractivity (Wildman–Crippen MR) is 53.0 cm³/mol. The Morgan fingerprint density at radius 3 is 3.19 bits per heavy atom. The fourth-order valence-electron chi connectivity index (χ4n) is 1.20. The van der Waals surface area contributed by atoms with Crippen LogP contribution in [0.15, 0.2) is 12.7 Å².